The summed E-state index contributed by atoms with van der Waals surface area (Å²) < 4.78 is 12.4. The Morgan fingerprint density at radius 3 is 1.14 bits per heavy atom. The molecule has 6 heteroatoms. The number of thiophene rings is 2. The van der Waals surface area contributed by atoms with E-state index < -0.39 is 0 Å². The van der Waals surface area contributed by atoms with Crippen molar-refractivity contribution < 1.29 is 0 Å². The Labute approximate surface area is 426 Å². The average Bonchev–Trinajstić information content (AvgIpc) is 4.27. The SMILES string of the molecule is N#Cc1c(-c2ccccc2)c(-n2c3ccccc3c3c4sc5ccccc5c4ccc32)c(-c2ccccc2)c(-n2c3ccccc3c3c4sc5ccccc5c4ccc32)c1-n1c2ccccc2c2ccccc21. The molecule has 0 radical (unpaired) electrons. The molecule has 11 aromatic carbocycles. The lowest BCUT2D eigenvalue weighted by Gasteiger charge is -2.28. The number of fused-ring (bicyclic) bond motifs is 17. The Morgan fingerprint density at radius 1 is 0.288 bits per heavy atom. The summed E-state index contributed by atoms with van der Waals surface area (Å²) in [6, 6.07) is 86.5. The summed E-state index contributed by atoms with van der Waals surface area (Å²) >= 11 is 3.72. The zero-order chi connectivity index (χ0) is 47.9. The van der Waals surface area contributed by atoms with Gasteiger partial charge in [-0.05, 0) is 59.7 Å². The normalized spacial score (nSPS) is 12.1. The molecule has 338 valence electrons. The number of hydrogen-bond donors (Lipinski definition) is 0. The van der Waals surface area contributed by atoms with Gasteiger partial charge in [0, 0.05) is 83.8 Å². The molecule has 4 nitrogen and oxygen atoms in total. The molecule has 0 unspecified atom stereocenters. The highest BCUT2D eigenvalue weighted by Gasteiger charge is 2.34. The third kappa shape index (κ3) is 5.52. The quantitative estimate of drug-likeness (QED) is 0.169. The van der Waals surface area contributed by atoms with Crippen molar-refractivity contribution in [3.8, 4) is 45.4 Å². The third-order valence-corrected chi connectivity index (χ3v) is 17.7. The van der Waals surface area contributed by atoms with Crippen LogP contribution in [-0.2, 0) is 0 Å². The number of benzene rings is 11. The number of nitrogens with zero attached hydrogens (tertiary/aromatic N) is 4. The van der Waals surface area contributed by atoms with Crippen molar-refractivity contribution >= 4 is 128 Å². The molecule has 16 rings (SSSR count). The predicted octanol–water partition coefficient (Wildman–Crippen LogP) is 18.9. The van der Waals surface area contributed by atoms with Crippen LogP contribution < -0.4 is 0 Å². The number of hydrogen-bond acceptors (Lipinski definition) is 3. The summed E-state index contributed by atoms with van der Waals surface area (Å²) in [5.41, 5.74) is 13.6. The average molecular weight is 963 g/mol. The van der Waals surface area contributed by atoms with Gasteiger partial charge in [0.15, 0.2) is 0 Å². The molecule has 5 heterocycles. The second-order valence-corrected chi connectivity index (χ2v) is 21.1. The van der Waals surface area contributed by atoms with Crippen molar-refractivity contribution in [2.75, 3.05) is 0 Å². The second kappa shape index (κ2) is 15.4. The molecule has 0 aliphatic rings. The first-order valence-electron chi connectivity index (χ1n) is 24.7. The number of para-hydroxylation sites is 4. The van der Waals surface area contributed by atoms with Gasteiger partial charge in [-0.15, -0.1) is 22.7 Å². The van der Waals surface area contributed by atoms with E-state index in [1.165, 1.54) is 56.5 Å². The van der Waals surface area contributed by atoms with Gasteiger partial charge in [-0.3, -0.25) is 0 Å². The van der Waals surface area contributed by atoms with Gasteiger partial charge in [-0.25, -0.2) is 0 Å². The molecule has 16 aromatic rings. The van der Waals surface area contributed by atoms with Crippen molar-refractivity contribution in [3.63, 3.8) is 0 Å². The molecular formula is C67H38N4S2. The first-order chi connectivity index (χ1) is 36.2. The van der Waals surface area contributed by atoms with E-state index in [2.05, 4.69) is 250 Å². The van der Waals surface area contributed by atoms with Gasteiger partial charge in [0.05, 0.1) is 55.7 Å². The third-order valence-electron chi connectivity index (χ3n) is 15.3. The lowest BCUT2D eigenvalue weighted by atomic mass is 9.88. The summed E-state index contributed by atoms with van der Waals surface area (Å²) in [4.78, 5) is 0. The molecule has 0 aliphatic heterocycles. The highest BCUT2D eigenvalue weighted by molar-refractivity contribution is 7.27. The van der Waals surface area contributed by atoms with E-state index in [4.69, 9.17) is 0 Å². The Bertz CT molecular complexity index is 4980. The van der Waals surface area contributed by atoms with Crippen LogP contribution in [0, 0.1) is 11.3 Å². The van der Waals surface area contributed by atoms with E-state index in [1.54, 1.807) is 0 Å². The summed E-state index contributed by atoms with van der Waals surface area (Å²) in [5, 5.41) is 24.6. The molecule has 0 saturated heterocycles. The van der Waals surface area contributed by atoms with Crippen LogP contribution in [0.4, 0.5) is 0 Å². The van der Waals surface area contributed by atoms with Crippen LogP contribution in [0.25, 0.3) is 145 Å². The van der Waals surface area contributed by atoms with Crippen molar-refractivity contribution in [1.82, 2.24) is 13.7 Å². The van der Waals surface area contributed by atoms with Crippen molar-refractivity contribution in [3.05, 3.63) is 236 Å². The highest BCUT2D eigenvalue weighted by Crippen LogP contribution is 2.54. The molecule has 0 bridgehead atoms. The standard InChI is InChI=1S/C67H38N4S2/c68-39-50-59(40-19-3-1-4-20-40)64(70-53-31-15-9-27-48(53)61-55(70)37-35-46-44-25-11-17-33-57(44)72-66(46)61)60(41-21-5-2-6-22-41)65(63(50)69-51-29-13-7-23-42(51)43-24-8-14-30-52(43)69)71-54-32-16-10-28-49(54)62-56(71)38-36-47-45-26-12-18-34-58(45)73-67(47)62/h1-38H. The molecule has 0 N–H and O–H groups in total. The van der Waals surface area contributed by atoms with Crippen LogP contribution in [0.1, 0.15) is 5.56 Å². The lowest BCUT2D eigenvalue weighted by molar-refractivity contribution is 1.07. The molecular weight excluding hydrogens is 925 g/mol. The van der Waals surface area contributed by atoms with Gasteiger partial charge in [-0.1, -0.05) is 182 Å². The van der Waals surface area contributed by atoms with Crippen LogP contribution in [0.3, 0.4) is 0 Å². The maximum absolute atomic E-state index is 12.5. The Balaban J connectivity index is 1.22. The van der Waals surface area contributed by atoms with E-state index in [9.17, 15) is 5.26 Å². The van der Waals surface area contributed by atoms with E-state index in [0.717, 1.165) is 88.6 Å². The van der Waals surface area contributed by atoms with Crippen LogP contribution >= 0.6 is 22.7 Å². The van der Waals surface area contributed by atoms with E-state index in [-0.39, 0.29) is 0 Å². The first kappa shape index (κ1) is 40.5. The molecule has 0 atom stereocenters. The molecule has 0 fully saturated rings. The lowest BCUT2D eigenvalue weighted by Crippen LogP contribution is -2.13. The summed E-state index contributed by atoms with van der Waals surface area (Å²) in [5.74, 6) is 0. The number of rotatable bonds is 5. The molecule has 0 amide bonds. The maximum Gasteiger partial charge on any atom is 0.102 e. The van der Waals surface area contributed by atoms with Crippen LogP contribution in [0.5, 0.6) is 0 Å². The van der Waals surface area contributed by atoms with Gasteiger partial charge in [0.2, 0.25) is 0 Å². The van der Waals surface area contributed by atoms with Crippen molar-refractivity contribution in [1.29, 1.82) is 5.26 Å². The van der Waals surface area contributed by atoms with Crippen LogP contribution in [-0.4, -0.2) is 13.7 Å². The van der Waals surface area contributed by atoms with Crippen molar-refractivity contribution in [2.45, 2.75) is 0 Å². The first-order valence-corrected chi connectivity index (χ1v) is 26.3. The van der Waals surface area contributed by atoms with Crippen molar-refractivity contribution in [2.24, 2.45) is 0 Å². The van der Waals surface area contributed by atoms with Crippen LogP contribution in [0.15, 0.2) is 231 Å². The minimum atomic E-state index is 0.588. The summed E-state index contributed by atoms with van der Waals surface area (Å²) in [6.07, 6.45) is 0. The summed E-state index contributed by atoms with van der Waals surface area (Å²) in [6.45, 7) is 0. The largest absolute Gasteiger partial charge is 0.308 e. The Kier molecular flexibility index (Phi) is 8.52. The zero-order valence-electron chi connectivity index (χ0n) is 39.0. The number of nitriles is 1. The molecule has 73 heavy (non-hydrogen) atoms. The number of aromatic nitrogens is 3. The van der Waals surface area contributed by atoms with E-state index in [1.807, 2.05) is 22.7 Å². The Hall–Kier alpha value is -9.25. The van der Waals surface area contributed by atoms with Gasteiger partial charge >= 0.3 is 0 Å². The fourth-order valence-electron chi connectivity index (χ4n) is 12.4. The van der Waals surface area contributed by atoms with Gasteiger partial charge in [0.25, 0.3) is 0 Å². The highest BCUT2D eigenvalue weighted by atomic mass is 32.1. The topological polar surface area (TPSA) is 38.6 Å². The van der Waals surface area contributed by atoms with E-state index in [0.29, 0.717) is 5.56 Å². The molecule has 0 spiro atoms. The minimum absolute atomic E-state index is 0.588. The molecule has 0 saturated carbocycles. The van der Waals surface area contributed by atoms with Crippen LogP contribution in [0.2, 0.25) is 0 Å². The zero-order valence-corrected chi connectivity index (χ0v) is 40.7. The fourth-order valence-corrected chi connectivity index (χ4v) is 14.9. The maximum atomic E-state index is 12.5. The monoisotopic (exact) mass is 962 g/mol. The smallest absolute Gasteiger partial charge is 0.102 e. The Morgan fingerprint density at radius 2 is 0.658 bits per heavy atom. The summed E-state index contributed by atoms with van der Waals surface area (Å²) in [7, 11) is 0. The molecule has 0 aliphatic carbocycles. The predicted molar refractivity (Wildman–Crippen MR) is 311 cm³/mol. The fraction of sp³-hybridized carbons (Fsp3) is 0. The van der Waals surface area contributed by atoms with E-state index >= 15 is 0 Å². The van der Waals surface area contributed by atoms with Gasteiger partial charge < -0.3 is 13.7 Å². The van der Waals surface area contributed by atoms with Gasteiger partial charge in [0.1, 0.15) is 6.07 Å². The minimum Gasteiger partial charge on any atom is -0.308 e. The molecule has 5 aromatic heterocycles. The van der Waals surface area contributed by atoms with Gasteiger partial charge in [-0.2, -0.15) is 5.26 Å². The second-order valence-electron chi connectivity index (χ2n) is 19.0.